The van der Waals surface area contributed by atoms with Crippen molar-refractivity contribution in [2.24, 2.45) is 5.73 Å². The largest absolute Gasteiger partial charge is 0.382 e. The fourth-order valence-electron chi connectivity index (χ4n) is 1.18. The van der Waals surface area contributed by atoms with E-state index in [0.29, 0.717) is 32.8 Å². The second-order valence-electron chi connectivity index (χ2n) is 3.82. The molecule has 0 bridgehead atoms. The number of methoxy groups -OCH3 is 1. The molecule has 5 nitrogen and oxygen atoms in total. The number of rotatable bonds is 10. The molecule has 0 aromatic rings. The van der Waals surface area contributed by atoms with Gasteiger partial charge in [-0.25, -0.2) is 0 Å². The zero-order valence-electron chi connectivity index (χ0n) is 10.3. The van der Waals surface area contributed by atoms with Crippen molar-refractivity contribution in [1.29, 1.82) is 0 Å². The van der Waals surface area contributed by atoms with Crippen LogP contribution >= 0.6 is 0 Å². The highest BCUT2D eigenvalue weighted by Gasteiger charge is 2.01. The van der Waals surface area contributed by atoms with Crippen molar-refractivity contribution in [2.45, 2.75) is 32.2 Å². The Hall–Kier alpha value is -0.650. The normalized spacial score (nSPS) is 12.4. The Kier molecular flexibility index (Phi) is 10.4. The molecule has 0 aliphatic rings. The number of ether oxygens (including phenoxy) is 2. The molecule has 16 heavy (non-hydrogen) atoms. The Morgan fingerprint density at radius 1 is 1.38 bits per heavy atom. The van der Waals surface area contributed by atoms with E-state index >= 15 is 0 Å². The molecule has 0 aliphatic heterocycles. The van der Waals surface area contributed by atoms with Crippen LogP contribution in [-0.4, -0.2) is 45.4 Å². The maximum Gasteiger partial charge on any atom is 0.220 e. The van der Waals surface area contributed by atoms with Gasteiger partial charge in [0, 0.05) is 26.1 Å². The summed E-state index contributed by atoms with van der Waals surface area (Å²) in [6, 6.07) is 0.171. The van der Waals surface area contributed by atoms with Crippen molar-refractivity contribution in [1.82, 2.24) is 5.32 Å². The molecule has 0 saturated carbocycles. The topological polar surface area (TPSA) is 73.6 Å². The molecule has 0 aromatic heterocycles. The summed E-state index contributed by atoms with van der Waals surface area (Å²) in [6.45, 7) is 4.18. The van der Waals surface area contributed by atoms with E-state index in [2.05, 4.69) is 5.32 Å². The van der Waals surface area contributed by atoms with Gasteiger partial charge in [0.2, 0.25) is 5.91 Å². The number of amides is 1. The minimum atomic E-state index is 0.0657. The molecule has 0 aliphatic carbocycles. The van der Waals surface area contributed by atoms with Crippen LogP contribution < -0.4 is 11.1 Å². The molecule has 1 atom stereocenters. The maximum absolute atomic E-state index is 11.3. The Morgan fingerprint density at radius 3 is 2.75 bits per heavy atom. The molecule has 0 heterocycles. The van der Waals surface area contributed by atoms with Crippen LogP contribution in [0.3, 0.4) is 0 Å². The molecule has 0 saturated heterocycles. The fraction of sp³-hybridized carbons (Fsp3) is 0.909. The molecular weight excluding hydrogens is 208 g/mol. The standard InChI is InChI=1S/C11H24N2O3/c1-10(12)4-3-5-11(14)13-6-7-16-9-8-15-2/h10H,3-9,12H2,1-2H3,(H,13,14). The van der Waals surface area contributed by atoms with E-state index < -0.39 is 0 Å². The van der Waals surface area contributed by atoms with Crippen molar-refractivity contribution < 1.29 is 14.3 Å². The number of nitrogens with one attached hydrogen (secondary N) is 1. The first-order valence-electron chi connectivity index (χ1n) is 5.75. The van der Waals surface area contributed by atoms with Gasteiger partial charge in [-0.1, -0.05) is 0 Å². The van der Waals surface area contributed by atoms with Gasteiger partial charge in [-0.2, -0.15) is 0 Å². The first kappa shape index (κ1) is 15.3. The summed E-state index contributed by atoms with van der Waals surface area (Å²) in [5.74, 6) is 0.0657. The monoisotopic (exact) mass is 232 g/mol. The lowest BCUT2D eigenvalue weighted by molar-refractivity contribution is -0.121. The molecule has 0 aromatic carbocycles. The van der Waals surface area contributed by atoms with Crippen LogP contribution in [0.25, 0.3) is 0 Å². The van der Waals surface area contributed by atoms with Crippen LogP contribution in [0.4, 0.5) is 0 Å². The van der Waals surface area contributed by atoms with Crippen molar-refractivity contribution >= 4 is 5.91 Å². The highest BCUT2D eigenvalue weighted by atomic mass is 16.5. The van der Waals surface area contributed by atoms with Crippen LogP contribution in [0.2, 0.25) is 0 Å². The summed E-state index contributed by atoms with van der Waals surface area (Å²) < 4.78 is 10.0. The van der Waals surface area contributed by atoms with Gasteiger partial charge in [0.1, 0.15) is 0 Å². The van der Waals surface area contributed by atoms with E-state index in [1.807, 2.05) is 6.92 Å². The lowest BCUT2D eigenvalue weighted by Crippen LogP contribution is -2.27. The molecule has 1 amide bonds. The lowest BCUT2D eigenvalue weighted by atomic mass is 10.1. The van der Waals surface area contributed by atoms with E-state index in [-0.39, 0.29) is 11.9 Å². The Morgan fingerprint density at radius 2 is 2.12 bits per heavy atom. The van der Waals surface area contributed by atoms with Crippen LogP contribution in [0.15, 0.2) is 0 Å². The van der Waals surface area contributed by atoms with Crippen molar-refractivity contribution in [3.05, 3.63) is 0 Å². The summed E-state index contributed by atoms with van der Waals surface area (Å²) >= 11 is 0. The van der Waals surface area contributed by atoms with Gasteiger partial charge in [-0.05, 0) is 19.8 Å². The van der Waals surface area contributed by atoms with Gasteiger partial charge >= 0.3 is 0 Å². The number of carbonyl (C=O) groups is 1. The summed E-state index contributed by atoms with van der Waals surface area (Å²) in [7, 11) is 1.63. The number of hydrogen-bond acceptors (Lipinski definition) is 4. The van der Waals surface area contributed by atoms with Gasteiger partial charge in [0.05, 0.1) is 19.8 Å². The summed E-state index contributed by atoms with van der Waals surface area (Å²) in [5.41, 5.74) is 5.58. The van der Waals surface area contributed by atoms with E-state index in [0.717, 1.165) is 12.8 Å². The molecular formula is C11H24N2O3. The Balaban J connectivity index is 3.17. The van der Waals surface area contributed by atoms with Gasteiger partial charge in [0.15, 0.2) is 0 Å². The van der Waals surface area contributed by atoms with Crippen molar-refractivity contribution in [3.8, 4) is 0 Å². The van der Waals surface area contributed by atoms with Crippen LogP contribution in [-0.2, 0) is 14.3 Å². The van der Waals surface area contributed by atoms with Gasteiger partial charge in [-0.3, -0.25) is 4.79 Å². The van der Waals surface area contributed by atoms with Crippen LogP contribution in [0, 0.1) is 0 Å². The minimum absolute atomic E-state index is 0.0657. The summed E-state index contributed by atoms with van der Waals surface area (Å²) in [5, 5.41) is 2.79. The van der Waals surface area contributed by atoms with E-state index in [1.165, 1.54) is 0 Å². The third-order valence-electron chi connectivity index (χ3n) is 2.06. The third-order valence-corrected chi connectivity index (χ3v) is 2.06. The highest BCUT2D eigenvalue weighted by Crippen LogP contribution is 1.97. The van der Waals surface area contributed by atoms with E-state index in [9.17, 15) is 4.79 Å². The number of nitrogens with two attached hydrogens (primary N) is 1. The average Bonchev–Trinajstić information content (AvgIpc) is 2.22. The van der Waals surface area contributed by atoms with Crippen LogP contribution in [0.1, 0.15) is 26.2 Å². The Bertz CT molecular complexity index is 175. The van der Waals surface area contributed by atoms with Gasteiger partial charge < -0.3 is 20.5 Å². The zero-order chi connectivity index (χ0) is 12.2. The predicted octanol–water partition coefficient (Wildman–Crippen LogP) is 0.283. The summed E-state index contributed by atoms with van der Waals surface area (Å²) in [4.78, 5) is 11.3. The van der Waals surface area contributed by atoms with Crippen molar-refractivity contribution in [2.75, 3.05) is 33.5 Å². The lowest BCUT2D eigenvalue weighted by Gasteiger charge is -2.07. The molecule has 1 unspecified atom stereocenters. The highest BCUT2D eigenvalue weighted by molar-refractivity contribution is 5.75. The molecule has 0 fully saturated rings. The maximum atomic E-state index is 11.3. The molecule has 3 N–H and O–H groups in total. The van der Waals surface area contributed by atoms with Crippen molar-refractivity contribution in [3.63, 3.8) is 0 Å². The van der Waals surface area contributed by atoms with E-state index in [4.69, 9.17) is 15.2 Å². The molecule has 96 valence electrons. The van der Waals surface area contributed by atoms with E-state index in [1.54, 1.807) is 7.11 Å². The van der Waals surface area contributed by atoms with Gasteiger partial charge in [-0.15, -0.1) is 0 Å². The minimum Gasteiger partial charge on any atom is -0.382 e. The first-order valence-corrected chi connectivity index (χ1v) is 5.75. The fourth-order valence-corrected chi connectivity index (χ4v) is 1.18. The number of hydrogen-bond donors (Lipinski definition) is 2. The zero-order valence-corrected chi connectivity index (χ0v) is 10.3. The molecule has 0 spiro atoms. The van der Waals surface area contributed by atoms with Gasteiger partial charge in [0.25, 0.3) is 0 Å². The SMILES string of the molecule is COCCOCCNC(=O)CCCC(C)N. The van der Waals surface area contributed by atoms with Crippen LogP contribution in [0.5, 0.6) is 0 Å². The second kappa shape index (κ2) is 10.9. The second-order valence-corrected chi connectivity index (χ2v) is 3.82. The molecule has 0 rings (SSSR count). The quantitative estimate of drug-likeness (QED) is 0.531. The first-order chi connectivity index (χ1) is 7.66. The average molecular weight is 232 g/mol. The Labute approximate surface area is 97.7 Å². The predicted molar refractivity (Wildman–Crippen MR) is 63.2 cm³/mol. The molecule has 0 radical (unpaired) electrons. The smallest absolute Gasteiger partial charge is 0.220 e. The third kappa shape index (κ3) is 11.4. The molecule has 5 heteroatoms. The summed E-state index contributed by atoms with van der Waals surface area (Å²) in [6.07, 6.45) is 2.27. The number of carbonyl (C=O) groups excluding carboxylic acids is 1.